The van der Waals surface area contributed by atoms with Gasteiger partial charge in [-0.15, -0.1) is 0 Å². The zero-order valence-corrected chi connectivity index (χ0v) is 22.5. The molecular weight excluding hydrogens is 512 g/mol. The summed E-state index contributed by atoms with van der Waals surface area (Å²) in [6.45, 7) is 8.77. The molecule has 200 valence electrons. The van der Waals surface area contributed by atoms with E-state index in [1.54, 1.807) is 65.0 Å². The van der Waals surface area contributed by atoms with Gasteiger partial charge < -0.3 is 14.8 Å². The number of carbonyl (C=O) groups excluding carboxylic acids is 2. The Morgan fingerprint density at radius 2 is 1.92 bits per heavy atom. The van der Waals surface area contributed by atoms with Gasteiger partial charge in [0.1, 0.15) is 10.8 Å². The quantitative estimate of drug-likeness (QED) is 0.138. The van der Waals surface area contributed by atoms with Gasteiger partial charge in [0, 0.05) is 35.5 Å². The van der Waals surface area contributed by atoms with Gasteiger partial charge in [0.25, 0.3) is 5.69 Å². The van der Waals surface area contributed by atoms with Crippen LogP contribution < -0.4 is 10.6 Å². The van der Waals surface area contributed by atoms with E-state index < -0.39 is 28.5 Å². The van der Waals surface area contributed by atoms with Crippen molar-refractivity contribution >= 4 is 46.9 Å². The van der Waals surface area contributed by atoms with Crippen LogP contribution in [0.15, 0.2) is 75.5 Å². The highest BCUT2D eigenvalue weighted by atomic mass is 35.5. The molecule has 0 spiro atoms. The molecule has 1 unspecified atom stereocenters. The second-order valence-electron chi connectivity index (χ2n) is 9.34. The van der Waals surface area contributed by atoms with Crippen molar-refractivity contribution in [3.05, 3.63) is 86.2 Å². The number of rotatable bonds is 7. The number of amides is 1. The van der Waals surface area contributed by atoms with E-state index in [0.717, 1.165) is 0 Å². The summed E-state index contributed by atoms with van der Waals surface area (Å²) in [5, 5.41) is 17.3. The lowest BCUT2D eigenvalue weighted by Crippen LogP contribution is -2.29. The number of anilines is 1. The van der Waals surface area contributed by atoms with Crippen molar-refractivity contribution < 1.29 is 24.0 Å². The van der Waals surface area contributed by atoms with Gasteiger partial charge in [0.2, 0.25) is 0 Å². The van der Waals surface area contributed by atoms with E-state index >= 15 is 0 Å². The number of esters is 1. The smallest absolute Gasteiger partial charge is 0.412 e. The molecule has 1 atom stereocenters. The van der Waals surface area contributed by atoms with Crippen LogP contribution in [0, 0.1) is 10.1 Å². The zero-order chi connectivity index (χ0) is 28.0. The fourth-order valence-electron chi connectivity index (χ4n) is 3.82. The molecule has 0 aromatic heterocycles. The van der Waals surface area contributed by atoms with Crippen molar-refractivity contribution in [2.24, 2.45) is 4.99 Å². The molecule has 11 heteroatoms. The van der Waals surface area contributed by atoms with Gasteiger partial charge in [-0.2, -0.15) is 0 Å². The maximum Gasteiger partial charge on any atom is 0.412 e. The average Bonchev–Trinajstić information content (AvgIpc) is 2.82. The Kier molecular flexibility index (Phi) is 8.90. The summed E-state index contributed by atoms with van der Waals surface area (Å²) in [6.07, 6.45) is 0.814. The molecule has 10 nitrogen and oxygen atoms in total. The molecular formula is C27H29ClN4O6. The molecule has 3 rings (SSSR count). The van der Waals surface area contributed by atoms with Crippen LogP contribution in [0.1, 0.15) is 46.1 Å². The molecule has 0 saturated carbocycles. The van der Waals surface area contributed by atoms with Crippen LogP contribution in [0.3, 0.4) is 0 Å². The Morgan fingerprint density at radius 3 is 2.58 bits per heavy atom. The minimum atomic E-state index is -0.808. The molecule has 1 aliphatic heterocycles. The van der Waals surface area contributed by atoms with Gasteiger partial charge in [-0.1, -0.05) is 35.9 Å². The van der Waals surface area contributed by atoms with Crippen molar-refractivity contribution in [1.82, 2.24) is 5.32 Å². The number of para-hydroxylation sites is 2. The fourth-order valence-corrected chi connectivity index (χ4v) is 4.12. The molecule has 2 aromatic rings. The molecule has 2 N–H and O–H groups in total. The summed E-state index contributed by atoms with van der Waals surface area (Å²) >= 11 is 6.60. The second-order valence-corrected chi connectivity index (χ2v) is 9.72. The van der Waals surface area contributed by atoms with Gasteiger partial charge in [0.05, 0.1) is 28.5 Å². The number of nitrogens with zero attached hydrogens (tertiary/aromatic N) is 2. The first kappa shape index (κ1) is 28.4. The normalized spacial score (nSPS) is 15.8. The van der Waals surface area contributed by atoms with Gasteiger partial charge in [-0.3, -0.25) is 20.4 Å². The number of aliphatic imine (C=N–C) groups is 1. The number of nitro benzene ring substituents is 1. The second kappa shape index (κ2) is 11.9. The van der Waals surface area contributed by atoms with Gasteiger partial charge in [-0.25, -0.2) is 9.59 Å². The van der Waals surface area contributed by atoms with Gasteiger partial charge in [0.15, 0.2) is 0 Å². The van der Waals surface area contributed by atoms with E-state index in [4.69, 9.17) is 21.1 Å². The number of hydrogen-bond donors (Lipinski definition) is 2. The van der Waals surface area contributed by atoms with Gasteiger partial charge >= 0.3 is 12.1 Å². The van der Waals surface area contributed by atoms with Crippen LogP contribution in [0.25, 0.3) is 0 Å². The molecule has 1 amide bonds. The lowest BCUT2D eigenvalue weighted by atomic mass is 9.82. The molecule has 0 aliphatic carbocycles. The summed E-state index contributed by atoms with van der Waals surface area (Å²) in [7, 11) is 0. The molecule has 2 aromatic carbocycles. The fraction of sp³-hybridized carbons (Fsp3) is 0.296. The third-order valence-corrected chi connectivity index (χ3v) is 5.66. The molecule has 0 bridgehead atoms. The topological polar surface area (TPSA) is 132 Å². The summed E-state index contributed by atoms with van der Waals surface area (Å²) in [4.78, 5) is 40.8. The molecule has 0 saturated heterocycles. The number of allylic oxidation sites excluding steroid dienone is 2. The van der Waals surface area contributed by atoms with E-state index in [2.05, 4.69) is 15.6 Å². The third-order valence-electron chi connectivity index (χ3n) is 5.35. The Bertz CT molecular complexity index is 1340. The lowest BCUT2D eigenvalue weighted by molar-refractivity contribution is -0.384. The highest BCUT2D eigenvalue weighted by Gasteiger charge is 2.34. The molecule has 0 radical (unpaired) electrons. The molecule has 1 heterocycles. The minimum absolute atomic E-state index is 0.138. The van der Waals surface area contributed by atoms with Crippen molar-refractivity contribution in [3.63, 3.8) is 0 Å². The molecule has 38 heavy (non-hydrogen) atoms. The van der Waals surface area contributed by atoms with E-state index in [1.165, 1.54) is 24.4 Å². The number of carbonyl (C=O) groups is 2. The number of nitrogens with one attached hydrogen (secondary N) is 2. The van der Waals surface area contributed by atoms with Crippen LogP contribution in [-0.2, 0) is 14.3 Å². The molecule has 1 aliphatic rings. The number of nitro groups is 1. The van der Waals surface area contributed by atoms with Crippen LogP contribution in [0.4, 0.5) is 21.9 Å². The number of benzene rings is 2. The first-order valence-corrected chi connectivity index (χ1v) is 12.2. The minimum Gasteiger partial charge on any atom is -0.463 e. The van der Waals surface area contributed by atoms with Crippen molar-refractivity contribution in [1.29, 1.82) is 0 Å². The highest BCUT2D eigenvalue weighted by Crippen LogP contribution is 2.40. The number of halogens is 1. The van der Waals surface area contributed by atoms with Crippen LogP contribution in [-0.4, -0.2) is 35.4 Å². The summed E-state index contributed by atoms with van der Waals surface area (Å²) < 4.78 is 10.6. The maximum absolute atomic E-state index is 13.0. The highest BCUT2D eigenvalue weighted by molar-refractivity contribution is 6.31. The summed E-state index contributed by atoms with van der Waals surface area (Å²) in [5.41, 5.74) is 1.51. The number of hydrogen-bond acceptors (Lipinski definition) is 8. The van der Waals surface area contributed by atoms with Crippen LogP contribution >= 0.6 is 11.6 Å². The Balaban J connectivity index is 2.07. The predicted octanol–water partition coefficient (Wildman–Crippen LogP) is 6.32. The van der Waals surface area contributed by atoms with E-state index in [-0.39, 0.29) is 23.0 Å². The Morgan fingerprint density at radius 1 is 1.21 bits per heavy atom. The summed E-state index contributed by atoms with van der Waals surface area (Å²) in [5.74, 6) is -1.39. The van der Waals surface area contributed by atoms with Crippen molar-refractivity contribution in [3.8, 4) is 0 Å². The third kappa shape index (κ3) is 6.98. The van der Waals surface area contributed by atoms with Crippen LogP contribution in [0.5, 0.6) is 0 Å². The number of ether oxygens (including phenoxy) is 2. The summed E-state index contributed by atoms with van der Waals surface area (Å²) in [6, 6.07) is 12.8. The van der Waals surface area contributed by atoms with Crippen molar-refractivity contribution in [2.75, 3.05) is 11.9 Å². The standard InChI is InChI=1S/C27H29ClN4O6/c1-6-37-25(33)22-16(2)30-24(28)19(23(22)17-10-9-11-18(14-17)32(35)36)15-29-20-12-7-8-13-21(20)31-26(34)38-27(3,4)5/h7-15,23,30H,6H2,1-5H3,(H,31,34). The number of non-ortho nitro benzene ring substituents is 1. The largest absolute Gasteiger partial charge is 0.463 e. The zero-order valence-electron chi connectivity index (χ0n) is 21.7. The SMILES string of the molecule is CCOC(=O)C1=C(C)NC(Cl)=C(C=Nc2ccccc2NC(=O)OC(C)(C)C)C1c1cccc([N+](=O)[O-])c1. The molecule has 0 fully saturated rings. The maximum atomic E-state index is 13.0. The van der Waals surface area contributed by atoms with E-state index in [1.807, 2.05) is 0 Å². The first-order valence-electron chi connectivity index (χ1n) is 11.8. The first-order chi connectivity index (χ1) is 17.9. The number of dihydropyridines is 1. The lowest BCUT2D eigenvalue weighted by Gasteiger charge is -2.29. The predicted molar refractivity (Wildman–Crippen MR) is 146 cm³/mol. The Labute approximate surface area is 225 Å². The van der Waals surface area contributed by atoms with Crippen LogP contribution in [0.2, 0.25) is 0 Å². The van der Waals surface area contributed by atoms with E-state index in [9.17, 15) is 19.7 Å². The average molecular weight is 541 g/mol. The monoisotopic (exact) mass is 540 g/mol. The van der Waals surface area contributed by atoms with E-state index in [0.29, 0.717) is 28.2 Å². The van der Waals surface area contributed by atoms with Gasteiger partial charge in [-0.05, 0) is 52.3 Å². The van der Waals surface area contributed by atoms with Crippen molar-refractivity contribution in [2.45, 2.75) is 46.1 Å². The Hall–Kier alpha value is -4.18.